The van der Waals surface area contributed by atoms with Crippen LogP contribution in [0.15, 0.2) is 24.3 Å². The van der Waals surface area contributed by atoms with E-state index in [0.717, 1.165) is 5.56 Å². The Hall–Kier alpha value is -1.92. The quantitative estimate of drug-likeness (QED) is 0.655. The van der Waals surface area contributed by atoms with E-state index in [1.165, 1.54) is 0 Å². The van der Waals surface area contributed by atoms with Gasteiger partial charge in [-0.05, 0) is 17.7 Å². The fourth-order valence-corrected chi connectivity index (χ4v) is 1.31. The van der Waals surface area contributed by atoms with E-state index in [9.17, 15) is 9.59 Å². The van der Waals surface area contributed by atoms with Crippen LogP contribution in [0.4, 0.5) is 5.69 Å². The maximum atomic E-state index is 11.5. The maximum absolute atomic E-state index is 11.5. The Morgan fingerprint density at radius 2 is 1.89 bits per heavy atom. The Morgan fingerprint density at radius 3 is 2.44 bits per heavy atom. The first kappa shape index (κ1) is 14.1. The number of anilines is 1. The van der Waals surface area contributed by atoms with Crippen molar-refractivity contribution in [2.24, 2.45) is 5.73 Å². The molecule has 98 valence electrons. The molecule has 4 N–H and O–H groups in total. The van der Waals surface area contributed by atoms with Crippen LogP contribution < -0.4 is 16.4 Å². The smallest absolute Gasteiger partial charge is 0.243 e. The molecule has 1 aromatic carbocycles. The third-order valence-electron chi connectivity index (χ3n) is 2.18. The second kappa shape index (κ2) is 7.41. The van der Waals surface area contributed by atoms with E-state index >= 15 is 0 Å². The first-order chi connectivity index (χ1) is 8.65. The fraction of sp³-hybridized carbons (Fsp3) is 0.333. The van der Waals surface area contributed by atoms with Gasteiger partial charge >= 0.3 is 0 Å². The summed E-state index contributed by atoms with van der Waals surface area (Å²) in [6.07, 6.45) is 0. The first-order valence-corrected chi connectivity index (χ1v) is 5.50. The lowest BCUT2D eigenvalue weighted by molar-refractivity contribution is -0.123. The van der Waals surface area contributed by atoms with Crippen LogP contribution in [0, 0.1) is 0 Å². The first-order valence-electron chi connectivity index (χ1n) is 5.50. The molecule has 0 aliphatic carbocycles. The molecule has 0 radical (unpaired) electrons. The van der Waals surface area contributed by atoms with E-state index in [1.807, 2.05) is 12.1 Å². The lowest BCUT2D eigenvalue weighted by Gasteiger charge is -2.07. The summed E-state index contributed by atoms with van der Waals surface area (Å²) in [5.74, 6) is -0.656. The summed E-state index contributed by atoms with van der Waals surface area (Å²) >= 11 is 0. The number of benzene rings is 1. The number of rotatable bonds is 6. The topological polar surface area (TPSA) is 93.5 Å². The van der Waals surface area contributed by atoms with Crippen molar-refractivity contribution in [3.63, 3.8) is 0 Å². The third kappa shape index (κ3) is 4.94. The summed E-state index contributed by atoms with van der Waals surface area (Å²) in [6.45, 7) is 0.315. The molecule has 0 spiro atoms. The number of amides is 2. The number of hydrogen-bond acceptors (Lipinski definition) is 4. The minimum Gasteiger partial charge on any atom is -0.380 e. The van der Waals surface area contributed by atoms with Crippen molar-refractivity contribution >= 4 is 17.5 Å². The molecular formula is C12H17N3O3. The normalized spacial score (nSPS) is 9.89. The van der Waals surface area contributed by atoms with Gasteiger partial charge in [0.25, 0.3) is 0 Å². The molecule has 0 saturated carbocycles. The second-order valence-corrected chi connectivity index (χ2v) is 3.66. The summed E-state index contributed by atoms with van der Waals surface area (Å²) in [4.78, 5) is 22.3. The highest BCUT2D eigenvalue weighted by Crippen LogP contribution is 2.09. The lowest BCUT2D eigenvalue weighted by Crippen LogP contribution is -2.36. The van der Waals surface area contributed by atoms with E-state index in [4.69, 9.17) is 10.5 Å². The number of carbonyl (C=O) groups is 2. The van der Waals surface area contributed by atoms with Crippen LogP contribution in [0.25, 0.3) is 0 Å². The van der Waals surface area contributed by atoms with Gasteiger partial charge in [-0.2, -0.15) is 0 Å². The number of hydrogen-bond donors (Lipinski definition) is 3. The Morgan fingerprint density at radius 1 is 1.22 bits per heavy atom. The predicted octanol–water partition coefficient (Wildman–Crippen LogP) is -0.154. The van der Waals surface area contributed by atoms with Gasteiger partial charge in [0.2, 0.25) is 11.8 Å². The molecule has 0 aromatic heterocycles. The fourth-order valence-electron chi connectivity index (χ4n) is 1.31. The molecule has 0 saturated heterocycles. The summed E-state index contributed by atoms with van der Waals surface area (Å²) < 4.78 is 4.98. The van der Waals surface area contributed by atoms with Crippen molar-refractivity contribution in [3.05, 3.63) is 29.8 Å². The van der Waals surface area contributed by atoms with E-state index in [0.29, 0.717) is 12.3 Å². The van der Waals surface area contributed by atoms with Crippen molar-refractivity contribution in [1.29, 1.82) is 0 Å². The summed E-state index contributed by atoms with van der Waals surface area (Å²) in [5, 5.41) is 5.04. The summed E-state index contributed by atoms with van der Waals surface area (Å²) in [5.41, 5.74) is 6.79. The molecule has 0 fully saturated rings. The van der Waals surface area contributed by atoms with Gasteiger partial charge in [0.1, 0.15) is 0 Å². The Kier molecular flexibility index (Phi) is 5.83. The van der Waals surface area contributed by atoms with Crippen LogP contribution in [0.3, 0.4) is 0 Å². The molecule has 0 aliphatic rings. The largest absolute Gasteiger partial charge is 0.380 e. The number of carbonyl (C=O) groups excluding carboxylic acids is 2. The summed E-state index contributed by atoms with van der Waals surface area (Å²) in [7, 11) is 1.62. The molecular weight excluding hydrogens is 234 g/mol. The molecule has 1 aromatic rings. The van der Waals surface area contributed by atoms with Crippen molar-refractivity contribution in [3.8, 4) is 0 Å². The zero-order valence-corrected chi connectivity index (χ0v) is 10.2. The molecule has 1 rings (SSSR count). The minimum atomic E-state index is -0.361. The summed E-state index contributed by atoms with van der Waals surface area (Å²) in [6, 6.07) is 7.27. The molecule has 0 atom stereocenters. The van der Waals surface area contributed by atoms with Gasteiger partial charge in [-0.3, -0.25) is 9.59 Å². The van der Waals surface area contributed by atoms with Crippen LogP contribution in [0.2, 0.25) is 0 Å². The molecule has 0 unspecified atom stereocenters. The van der Waals surface area contributed by atoms with Crippen LogP contribution >= 0.6 is 0 Å². The van der Waals surface area contributed by atoms with Crippen molar-refractivity contribution in [2.45, 2.75) is 6.61 Å². The standard InChI is InChI=1S/C12H17N3O3/c1-18-8-9-2-4-10(5-3-9)15-12(17)7-14-11(16)6-13/h2-5H,6-8,13H2,1H3,(H,14,16)(H,15,17). The van der Waals surface area contributed by atoms with Crippen molar-refractivity contribution in [1.82, 2.24) is 5.32 Å². The van der Waals surface area contributed by atoms with E-state index in [2.05, 4.69) is 10.6 Å². The molecule has 0 heterocycles. The number of methoxy groups -OCH3 is 1. The van der Waals surface area contributed by atoms with Gasteiger partial charge in [0, 0.05) is 12.8 Å². The highest BCUT2D eigenvalue weighted by atomic mass is 16.5. The lowest BCUT2D eigenvalue weighted by atomic mass is 10.2. The second-order valence-electron chi connectivity index (χ2n) is 3.66. The molecule has 6 nitrogen and oxygen atoms in total. The van der Waals surface area contributed by atoms with Gasteiger partial charge in [-0.25, -0.2) is 0 Å². The predicted molar refractivity (Wildman–Crippen MR) is 67.8 cm³/mol. The van der Waals surface area contributed by atoms with Gasteiger partial charge in [0.15, 0.2) is 0 Å². The average Bonchev–Trinajstić information content (AvgIpc) is 2.38. The van der Waals surface area contributed by atoms with Crippen LogP contribution in [-0.4, -0.2) is 32.0 Å². The molecule has 0 aliphatic heterocycles. The molecule has 0 bridgehead atoms. The van der Waals surface area contributed by atoms with Crippen LogP contribution in [0.1, 0.15) is 5.56 Å². The monoisotopic (exact) mass is 251 g/mol. The molecule has 2 amide bonds. The van der Waals surface area contributed by atoms with E-state index < -0.39 is 0 Å². The van der Waals surface area contributed by atoms with Gasteiger partial charge in [-0.15, -0.1) is 0 Å². The Bertz CT molecular complexity index is 404. The molecule has 18 heavy (non-hydrogen) atoms. The van der Waals surface area contributed by atoms with E-state index in [1.54, 1.807) is 19.2 Å². The number of nitrogens with one attached hydrogen (secondary N) is 2. The zero-order chi connectivity index (χ0) is 13.4. The number of ether oxygens (including phenoxy) is 1. The molecule has 6 heteroatoms. The van der Waals surface area contributed by atoms with Gasteiger partial charge < -0.3 is 21.1 Å². The van der Waals surface area contributed by atoms with Crippen LogP contribution in [-0.2, 0) is 20.9 Å². The number of nitrogens with two attached hydrogens (primary N) is 1. The SMILES string of the molecule is COCc1ccc(NC(=O)CNC(=O)CN)cc1. The van der Waals surface area contributed by atoms with Gasteiger partial charge in [-0.1, -0.05) is 12.1 Å². The Balaban J connectivity index is 2.42. The van der Waals surface area contributed by atoms with Gasteiger partial charge in [0.05, 0.1) is 19.7 Å². The third-order valence-corrected chi connectivity index (χ3v) is 2.18. The van der Waals surface area contributed by atoms with Crippen molar-refractivity contribution < 1.29 is 14.3 Å². The average molecular weight is 251 g/mol. The minimum absolute atomic E-state index is 0.0874. The maximum Gasteiger partial charge on any atom is 0.243 e. The zero-order valence-electron chi connectivity index (χ0n) is 10.2. The van der Waals surface area contributed by atoms with Crippen LogP contribution in [0.5, 0.6) is 0 Å². The van der Waals surface area contributed by atoms with E-state index in [-0.39, 0.29) is 24.9 Å². The Labute approximate surface area is 105 Å². The highest BCUT2D eigenvalue weighted by Gasteiger charge is 2.04. The van der Waals surface area contributed by atoms with Crippen molar-refractivity contribution in [2.75, 3.05) is 25.5 Å². The highest BCUT2D eigenvalue weighted by molar-refractivity contribution is 5.94.